The van der Waals surface area contributed by atoms with Crippen LogP contribution in [0.15, 0.2) is 66.7 Å². The lowest BCUT2D eigenvalue weighted by Gasteiger charge is -2.15. The number of esters is 1. The molecule has 2 aromatic rings. The van der Waals surface area contributed by atoms with E-state index in [1.165, 1.54) is 11.1 Å². The molecule has 0 aromatic heterocycles. The molecular formula is C19H20O3. The fourth-order valence-electron chi connectivity index (χ4n) is 1.98. The number of carbonyl (C=O) groups is 1. The largest absolute Gasteiger partial charge is 0.455 e. The number of ether oxygens (including phenoxy) is 2. The Morgan fingerprint density at radius 2 is 1.64 bits per heavy atom. The molecule has 0 radical (unpaired) electrons. The highest BCUT2D eigenvalue weighted by Crippen LogP contribution is 2.17. The van der Waals surface area contributed by atoms with Crippen LogP contribution >= 0.6 is 0 Å². The molecule has 22 heavy (non-hydrogen) atoms. The molecule has 0 amide bonds. The van der Waals surface area contributed by atoms with Gasteiger partial charge < -0.3 is 9.47 Å². The van der Waals surface area contributed by atoms with E-state index >= 15 is 0 Å². The minimum atomic E-state index is -0.649. The first-order valence-electron chi connectivity index (χ1n) is 7.20. The number of hydrogen-bond acceptors (Lipinski definition) is 3. The van der Waals surface area contributed by atoms with Gasteiger partial charge in [0.15, 0.2) is 0 Å². The molecule has 0 saturated carbocycles. The van der Waals surface area contributed by atoms with Crippen molar-refractivity contribution in [1.29, 1.82) is 0 Å². The molecule has 0 aliphatic heterocycles. The van der Waals surface area contributed by atoms with Crippen molar-refractivity contribution in [3.05, 3.63) is 77.9 Å². The molecule has 0 heterocycles. The molecule has 114 valence electrons. The minimum Gasteiger partial charge on any atom is -0.455 e. The third-order valence-corrected chi connectivity index (χ3v) is 3.10. The molecule has 2 aromatic carbocycles. The van der Waals surface area contributed by atoms with Gasteiger partial charge in [0.1, 0.15) is 5.75 Å². The highest BCUT2D eigenvalue weighted by molar-refractivity contribution is 5.87. The molecule has 0 bridgehead atoms. The van der Waals surface area contributed by atoms with Crippen LogP contribution < -0.4 is 4.74 Å². The second-order valence-electron chi connectivity index (χ2n) is 5.18. The monoisotopic (exact) mass is 296 g/mol. The highest BCUT2D eigenvalue weighted by Gasteiger charge is 2.11. The molecular weight excluding hydrogens is 276 g/mol. The van der Waals surface area contributed by atoms with Gasteiger partial charge in [-0.05, 0) is 36.6 Å². The topological polar surface area (TPSA) is 35.5 Å². The zero-order valence-corrected chi connectivity index (χ0v) is 12.9. The lowest BCUT2D eigenvalue weighted by atomic mass is 10.1. The Hall–Kier alpha value is -2.55. The van der Waals surface area contributed by atoms with E-state index in [2.05, 4.69) is 18.7 Å². The predicted octanol–water partition coefficient (Wildman–Crippen LogP) is 4.12. The van der Waals surface area contributed by atoms with Gasteiger partial charge >= 0.3 is 5.97 Å². The summed E-state index contributed by atoms with van der Waals surface area (Å²) in [7, 11) is 0. The van der Waals surface area contributed by atoms with Crippen molar-refractivity contribution in [2.75, 3.05) is 0 Å². The van der Waals surface area contributed by atoms with Gasteiger partial charge in [0.25, 0.3) is 0 Å². The zero-order valence-electron chi connectivity index (χ0n) is 12.9. The van der Waals surface area contributed by atoms with Crippen LogP contribution in [0.25, 0.3) is 0 Å². The average Bonchev–Trinajstić information content (AvgIpc) is 2.50. The number of rotatable bonds is 6. The van der Waals surface area contributed by atoms with E-state index in [1.807, 2.05) is 42.5 Å². The first-order valence-corrected chi connectivity index (χ1v) is 7.20. The normalized spacial score (nSPS) is 11.5. The summed E-state index contributed by atoms with van der Waals surface area (Å²) in [6.07, 6.45) is 0.227. The van der Waals surface area contributed by atoms with Crippen LogP contribution in [0.5, 0.6) is 5.75 Å². The second-order valence-corrected chi connectivity index (χ2v) is 5.18. The van der Waals surface area contributed by atoms with E-state index in [1.54, 1.807) is 13.8 Å². The summed E-state index contributed by atoms with van der Waals surface area (Å²) in [5.41, 5.74) is 2.82. The van der Waals surface area contributed by atoms with Crippen molar-refractivity contribution in [2.24, 2.45) is 0 Å². The maximum Gasteiger partial charge on any atom is 0.336 e. The van der Waals surface area contributed by atoms with Gasteiger partial charge in [0.05, 0.1) is 0 Å². The predicted molar refractivity (Wildman–Crippen MR) is 86.7 cm³/mol. The van der Waals surface area contributed by atoms with Gasteiger partial charge in [-0.2, -0.15) is 0 Å². The van der Waals surface area contributed by atoms with E-state index in [9.17, 15) is 4.79 Å². The molecule has 0 saturated heterocycles. The van der Waals surface area contributed by atoms with Crippen molar-refractivity contribution in [3.63, 3.8) is 0 Å². The Kier molecular flexibility index (Phi) is 5.37. The third kappa shape index (κ3) is 4.77. The molecule has 0 N–H and O–H groups in total. The summed E-state index contributed by atoms with van der Waals surface area (Å²) < 4.78 is 10.6. The van der Waals surface area contributed by atoms with E-state index in [0.29, 0.717) is 11.3 Å². The standard InChI is InChI=1S/C19H20O3/c1-14(2)19(20)22-15(3)21-18-11-9-17(10-12-18)13-16-7-5-4-6-8-16/h4-12,15H,1,13H2,2-3H3. The fraction of sp³-hybridized carbons (Fsp3) is 0.211. The van der Waals surface area contributed by atoms with Gasteiger partial charge in [0.2, 0.25) is 6.29 Å². The number of carbonyl (C=O) groups excluding carboxylic acids is 1. The Morgan fingerprint density at radius 3 is 2.23 bits per heavy atom. The van der Waals surface area contributed by atoms with Gasteiger partial charge in [-0.1, -0.05) is 49.0 Å². The number of benzene rings is 2. The van der Waals surface area contributed by atoms with Gasteiger partial charge in [0, 0.05) is 12.5 Å². The van der Waals surface area contributed by atoms with Gasteiger partial charge in [-0.3, -0.25) is 0 Å². The van der Waals surface area contributed by atoms with Crippen molar-refractivity contribution in [3.8, 4) is 5.75 Å². The first-order chi connectivity index (χ1) is 10.5. The second kappa shape index (κ2) is 7.46. The van der Waals surface area contributed by atoms with E-state index in [-0.39, 0.29) is 0 Å². The summed E-state index contributed by atoms with van der Waals surface area (Å²) >= 11 is 0. The zero-order chi connectivity index (χ0) is 15.9. The van der Waals surface area contributed by atoms with Gasteiger partial charge in [-0.15, -0.1) is 0 Å². The van der Waals surface area contributed by atoms with Crippen LogP contribution in [0, 0.1) is 0 Å². The van der Waals surface area contributed by atoms with E-state index in [0.717, 1.165) is 6.42 Å². The summed E-state index contributed by atoms with van der Waals surface area (Å²) in [5.74, 6) is 0.215. The lowest BCUT2D eigenvalue weighted by molar-refractivity contribution is -0.156. The summed E-state index contributed by atoms with van der Waals surface area (Å²) in [5, 5.41) is 0. The maximum atomic E-state index is 11.4. The smallest absolute Gasteiger partial charge is 0.336 e. The Balaban J connectivity index is 1.91. The van der Waals surface area contributed by atoms with Crippen LogP contribution in [-0.2, 0) is 16.0 Å². The molecule has 0 spiro atoms. The molecule has 0 aliphatic carbocycles. The van der Waals surface area contributed by atoms with Crippen LogP contribution in [0.1, 0.15) is 25.0 Å². The van der Waals surface area contributed by atoms with Gasteiger partial charge in [-0.25, -0.2) is 4.79 Å². The summed E-state index contributed by atoms with van der Waals surface area (Å²) in [4.78, 5) is 11.4. The third-order valence-electron chi connectivity index (χ3n) is 3.10. The fourth-order valence-corrected chi connectivity index (χ4v) is 1.98. The quantitative estimate of drug-likeness (QED) is 0.457. The molecule has 2 rings (SSSR count). The molecule has 3 nitrogen and oxygen atoms in total. The van der Waals surface area contributed by atoms with Crippen LogP contribution in [0.4, 0.5) is 0 Å². The molecule has 0 aliphatic rings. The first kappa shape index (κ1) is 15.8. The molecule has 1 unspecified atom stereocenters. The highest BCUT2D eigenvalue weighted by atomic mass is 16.7. The van der Waals surface area contributed by atoms with Crippen LogP contribution in [-0.4, -0.2) is 12.3 Å². The van der Waals surface area contributed by atoms with Crippen molar-refractivity contribution in [2.45, 2.75) is 26.6 Å². The van der Waals surface area contributed by atoms with Crippen LogP contribution in [0.2, 0.25) is 0 Å². The average molecular weight is 296 g/mol. The maximum absolute atomic E-state index is 11.4. The summed E-state index contributed by atoms with van der Waals surface area (Å²) in [6.45, 7) is 6.82. The van der Waals surface area contributed by atoms with E-state index < -0.39 is 12.3 Å². The SMILES string of the molecule is C=C(C)C(=O)OC(C)Oc1ccc(Cc2ccccc2)cc1. The Bertz CT molecular complexity index is 629. The van der Waals surface area contributed by atoms with E-state index in [4.69, 9.17) is 9.47 Å². The van der Waals surface area contributed by atoms with Crippen molar-refractivity contribution in [1.82, 2.24) is 0 Å². The molecule has 3 heteroatoms. The van der Waals surface area contributed by atoms with Crippen LogP contribution in [0.3, 0.4) is 0 Å². The Morgan fingerprint density at radius 1 is 1.05 bits per heavy atom. The Labute approximate surface area is 131 Å². The molecule has 0 fully saturated rings. The lowest BCUT2D eigenvalue weighted by Crippen LogP contribution is -2.21. The number of hydrogen-bond donors (Lipinski definition) is 0. The minimum absolute atomic E-state index is 0.355. The van der Waals surface area contributed by atoms with Crippen molar-refractivity contribution >= 4 is 5.97 Å². The molecule has 1 atom stereocenters. The van der Waals surface area contributed by atoms with Crippen molar-refractivity contribution < 1.29 is 14.3 Å². The summed E-state index contributed by atoms with van der Waals surface area (Å²) in [6, 6.07) is 18.0.